The van der Waals surface area contributed by atoms with Crippen LogP contribution >= 0.6 is 11.8 Å². The van der Waals surface area contributed by atoms with Gasteiger partial charge in [0, 0.05) is 0 Å². The van der Waals surface area contributed by atoms with Crippen LogP contribution in [0.5, 0.6) is 0 Å². The van der Waals surface area contributed by atoms with Crippen molar-refractivity contribution in [2.75, 3.05) is 12.4 Å². The van der Waals surface area contributed by atoms with Gasteiger partial charge in [-0.05, 0) is 53.0 Å². The molecule has 11 heteroatoms. The van der Waals surface area contributed by atoms with Crippen molar-refractivity contribution in [3.8, 4) is 0 Å². The Morgan fingerprint density at radius 2 is 1.72 bits per heavy atom. The molecule has 3 heterocycles. The molecule has 3 rings (SSSR count). The smallest absolute Gasteiger partial charge is 0.326 e. The number of nitrogens with zero attached hydrogens (tertiary/aromatic N) is 1. The van der Waals surface area contributed by atoms with E-state index < -0.39 is 52.7 Å². The summed E-state index contributed by atoms with van der Waals surface area (Å²) in [7, 11) is -4.54. The second-order valence-corrected chi connectivity index (χ2v) is 23.9. The van der Waals surface area contributed by atoms with Gasteiger partial charge in [-0.1, -0.05) is 48.5 Å². The molecule has 2 bridgehead atoms. The molecule has 0 spiro atoms. The summed E-state index contributed by atoms with van der Waals surface area (Å²) < 4.78 is 19.9. The van der Waals surface area contributed by atoms with Crippen molar-refractivity contribution in [1.82, 2.24) is 10.2 Å². The molecular formula is C25H46N2O6SSi2. The van der Waals surface area contributed by atoms with E-state index >= 15 is 0 Å². The van der Waals surface area contributed by atoms with E-state index in [-0.39, 0.29) is 29.0 Å². The maximum Gasteiger partial charge on any atom is 0.326 e. The van der Waals surface area contributed by atoms with Crippen LogP contribution < -0.4 is 5.32 Å². The normalized spacial score (nSPS) is 32.7. The van der Waals surface area contributed by atoms with Crippen molar-refractivity contribution in [3.63, 3.8) is 0 Å². The van der Waals surface area contributed by atoms with Gasteiger partial charge in [-0.15, -0.1) is 11.8 Å². The third kappa shape index (κ3) is 5.13. The molecule has 0 aromatic heterocycles. The second kappa shape index (κ2) is 9.80. The average molecular weight is 559 g/mol. The van der Waals surface area contributed by atoms with E-state index in [1.54, 1.807) is 16.7 Å². The first-order valence-corrected chi connectivity index (χ1v) is 19.8. The highest BCUT2D eigenvalue weighted by atomic mass is 32.2. The standard InChI is InChI=1S/C25H46N2O6SSi2/c1-12-34-15-16-17-13-19(28)26-22(29)27(17)21-20(33-36(10,11)24(5,6)7)25(16,30)18(32-21)14-31-35(8,9)23(2,3)4/h15,17-18,20-21,30H,12-14H2,1-11H3,(H,26,28,29)/b16-15-/t17-,18+,20-,21+,25+/m0/s1. The molecular weight excluding hydrogens is 513 g/mol. The second-order valence-electron chi connectivity index (χ2n) is 13.2. The largest absolute Gasteiger partial charge is 0.414 e. The number of hydrogen-bond acceptors (Lipinski definition) is 7. The van der Waals surface area contributed by atoms with E-state index in [0.29, 0.717) is 5.57 Å². The lowest BCUT2D eigenvalue weighted by Gasteiger charge is -2.52. The molecule has 206 valence electrons. The van der Waals surface area contributed by atoms with Gasteiger partial charge in [-0.25, -0.2) is 4.79 Å². The van der Waals surface area contributed by atoms with Crippen LogP contribution in [0.1, 0.15) is 54.9 Å². The van der Waals surface area contributed by atoms with Crippen LogP contribution in [0.15, 0.2) is 11.0 Å². The third-order valence-corrected chi connectivity index (χ3v) is 18.5. The monoisotopic (exact) mass is 558 g/mol. The fourth-order valence-electron chi connectivity index (χ4n) is 4.43. The molecule has 2 N–H and O–H groups in total. The van der Waals surface area contributed by atoms with Crippen LogP contribution in [-0.2, 0) is 18.4 Å². The number of piperidine rings is 1. The molecule has 3 aliphatic rings. The van der Waals surface area contributed by atoms with Crippen LogP contribution in [0, 0.1) is 0 Å². The first-order valence-electron chi connectivity index (χ1n) is 12.9. The van der Waals surface area contributed by atoms with Gasteiger partial charge >= 0.3 is 6.03 Å². The molecule has 3 fully saturated rings. The van der Waals surface area contributed by atoms with Crippen molar-refractivity contribution < 1.29 is 28.3 Å². The Morgan fingerprint density at radius 3 is 2.25 bits per heavy atom. The summed E-state index contributed by atoms with van der Waals surface area (Å²) in [5.41, 5.74) is -0.914. The maximum atomic E-state index is 13.1. The average Bonchev–Trinajstić information content (AvgIpc) is 2.90. The summed E-state index contributed by atoms with van der Waals surface area (Å²) in [6, 6.07) is -1.09. The van der Waals surface area contributed by atoms with Crippen molar-refractivity contribution in [3.05, 3.63) is 11.0 Å². The quantitative estimate of drug-likeness (QED) is 0.433. The van der Waals surface area contributed by atoms with Gasteiger partial charge in [-0.3, -0.25) is 15.0 Å². The van der Waals surface area contributed by atoms with E-state index in [4.69, 9.17) is 13.6 Å². The Hall–Kier alpha value is -0.696. The molecule has 0 aliphatic carbocycles. The van der Waals surface area contributed by atoms with Gasteiger partial charge in [0.05, 0.1) is 19.1 Å². The fourth-order valence-corrected chi connectivity index (χ4v) is 7.41. The van der Waals surface area contributed by atoms with E-state index in [1.807, 2.05) is 12.3 Å². The summed E-state index contributed by atoms with van der Waals surface area (Å²) in [5, 5.41) is 16.8. The van der Waals surface area contributed by atoms with Crippen LogP contribution in [-0.4, -0.2) is 81.0 Å². The maximum absolute atomic E-state index is 13.1. The SMILES string of the molecule is CCS/C=C1/[C@@H]2CC(=O)NC(=O)N2[C@@H]2O[C@H](CO[Si](C)(C)C(C)(C)C)[C@@]1(O)[C@H]2O[Si](C)(C)C(C)(C)C. The first kappa shape index (κ1) is 29.9. The highest BCUT2D eigenvalue weighted by Gasteiger charge is 2.69. The van der Waals surface area contributed by atoms with Gasteiger partial charge in [0.1, 0.15) is 17.8 Å². The highest BCUT2D eigenvalue weighted by Crippen LogP contribution is 2.52. The fraction of sp³-hybridized carbons (Fsp3) is 0.840. The molecule has 0 radical (unpaired) electrons. The third-order valence-electron chi connectivity index (χ3n) is 8.78. The van der Waals surface area contributed by atoms with E-state index in [9.17, 15) is 14.7 Å². The van der Waals surface area contributed by atoms with Crippen molar-refractivity contribution >= 4 is 40.3 Å². The summed E-state index contributed by atoms with van der Waals surface area (Å²) in [5.74, 6) is 0.435. The molecule has 3 amide bonds. The minimum atomic E-state index is -2.39. The zero-order valence-electron chi connectivity index (χ0n) is 23.9. The summed E-state index contributed by atoms with van der Waals surface area (Å²) in [6.45, 7) is 23.8. The highest BCUT2D eigenvalue weighted by molar-refractivity contribution is 8.02. The van der Waals surface area contributed by atoms with Gasteiger partial charge in [0.25, 0.3) is 0 Å². The van der Waals surface area contributed by atoms with E-state index in [0.717, 1.165) is 5.75 Å². The zero-order valence-corrected chi connectivity index (χ0v) is 26.7. The lowest BCUT2D eigenvalue weighted by Crippen LogP contribution is -2.71. The Morgan fingerprint density at radius 1 is 1.14 bits per heavy atom. The number of fused-ring (bicyclic) bond motifs is 4. The lowest BCUT2D eigenvalue weighted by molar-refractivity contribution is -0.130. The topological polar surface area (TPSA) is 97.3 Å². The molecule has 0 aromatic rings. The first-order chi connectivity index (χ1) is 16.3. The summed E-state index contributed by atoms with van der Waals surface area (Å²) in [6.07, 6.45) is -2.26. The number of ether oxygens (including phenoxy) is 1. The van der Waals surface area contributed by atoms with Crippen LogP contribution in [0.25, 0.3) is 0 Å². The van der Waals surface area contributed by atoms with Crippen LogP contribution in [0.3, 0.4) is 0 Å². The number of imide groups is 1. The molecule has 36 heavy (non-hydrogen) atoms. The Balaban J connectivity index is 2.12. The number of amides is 3. The van der Waals surface area contributed by atoms with Gasteiger partial charge in [0.15, 0.2) is 22.9 Å². The number of carbonyl (C=O) groups is 2. The molecule has 8 nitrogen and oxygen atoms in total. The Bertz CT molecular complexity index is 913. The summed E-state index contributed by atoms with van der Waals surface area (Å²) in [4.78, 5) is 27.1. The number of nitrogens with one attached hydrogen (secondary N) is 1. The van der Waals surface area contributed by atoms with E-state index in [1.165, 1.54) is 0 Å². The predicted octanol–water partition coefficient (Wildman–Crippen LogP) is 4.82. The predicted molar refractivity (Wildman–Crippen MR) is 149 cm³/mol. The van der Waals surface area contributed by atoms with E-state index in [2.05, 4.69) is 73.0 Å². The zero-order chi connectivity index (χ0) is 27.5. The number of thioether (sulfide) groups is 1. The van der Waals surface area contributed by atoms with Crippen LogP contribution in [0.4, 0.5) is 4.79 Å². The van der Waals surface area contributed by atoms with Crippen molar-refractivity contribution in [2.45, 2.75) is 121 Å². The van der Waals surface area contributed by atoms with Gasteiger partial charge in [0.2, 0.25) is 5.91 Å². The van der Waals surface area contributed by atoms with Gasteiger partial charge < -0.3 is 18.7 Å². The molecule has 5 atom stereocenters. The lowest BCUT2D eigenvalue weighted by atomic mass is 9.76. The number of carbonyl (C=O) groups excluding carboxylic acids is 2. The molecule has 3 aliphatic heterocycles. The van der Waals surface area contributed by atoms with Crippen molar-refractivity contribution in [2.24, 2.45) is 0 Å². The Labute approximate surface area is 223 Å². The minimum Gasteiger partial charge on any atom is -0.414 e. The summed E-state index contributed by atoms with van der Waals surface area (Å²) >= 11 is 1.54. The Kier molecular flexibility index (Phi) is 8.13. The number of rotatable bonds is 7. The molecule has 0 unspecified atom stereocenters. The number of urea groups is 1. The number of aliphatic hydroxyl groups is 1. The minimum absolute atomic E-state index is 0.0130. The molecule has 0 saturated carbocycles. The van der Waals surface area contributed by atoms with Gasteiger partial charge in [-0.2, -0.15) is 0 Å². The van der Waals surface area contributed by atoms with Crippen LogP contribution in [0.2, 0.25) is 36.3 Å². The molecule has 0 aromatic carbocycles. The number of hydrogen-bond donors (Lipinski definition) is 2. The van der Waals surface area contributed by atoms with Crippen molar-refractivity contribution in [1.29, 1.82) is 0 Å². The molecule has 3 saturated heterocycles.